The number of aliphatic hydroxyl groups is 1. The summed E-state index contributed by atoms with van der Waals surface area (Å²) in [5.41, 5.74) is 1.76. The third kappa shape index (κ3) is 2.65. The molecule has 2 aliphatic rings. The molecule has 0 saturated carbocycles. The first kappa shape index (κ1) is 12.1. The minimum atomic E-state index is -1.14. The lowest BCUT2D eigenvalue weighted by Crippen LogP contribution is -2.02. The van der Waals surface area contributed by atoms with Crippen molar-refractivity contribution in [2.45, 2.75) is 32.6 Å². The van der Waals surface area contributed by atoms with Crippen molar-refractivity contribution in [1.82, 2.24) is 0 Å². The summed E-state index contributed by atoms with van der Waals surface area (Å²) in [4.78, 5) is 0. The summed E-state index contributed by atoms with van der Waals surface area (Å²) in [6, 6.07) is 0. The lowest BCUT2D eigenvalue weighted by Gasteiger charge is -2.18. The van der Waals surface area contributed by atoms with Crippen molar-refractivity contribution >= 4 is 0 Å². The van der Waals surface area contributed by atoms with Gasteiger partial charge in [0.2, 0.25) is 0 Å². The highest BCUT2D eigenvalue weighted by atomic mass is 19.2. The number of hydrogen-bond donors (Lipinski definition) is 1. The number of allylic oxidation sites excluding steroid dienone is 7. The van der Waals surface area contributed by atoms with Gasteiger partial charge in [0.15, 0.2) is 11.7 Å². The molecule has 1 atom stereocenters. The molecule has 1 unspecified atom stereocenters. The second-order valence-electron chi connectivity index (χ2n) is 4.73. The summed E-state index contributed by atoms with van der Waals surface area (Å²) >= 11 is 0. The molecule has 0 aromatic rings. The van der Waals surface area contributed by atoms with Gasteiger partial charge in [-0.15, -0.1) is 0 Å². The molecule has 1 nitrogen and oxygen atoms in total. The van der Waals surface area contributed by atoms with Gasteiger partial charge in [-0.1, -0.05) is 19.1 Å². The average Bonchev–Trinajstić information content (AvgIpc) is 2.44. The van der Waals surface area contributed by atoms with E-state index < -0.39 is 17.4 Å². The summed E-state index contributed by atoms with van der Waals surface area (Å²) < 4.78 is 26.5. The standard InChI is InChI=1S/C14H16F2O/c1-9-2-4-10(5-3-9)11-6-7-13(17)14(16)12(15)8-11/h4,6,8-9,17H,2-3,5,7H2,1H3. The molecule has 0 spiro atoms. The zero-order valence-electron chi connectivity index (χ0n) is 9.84. The van der Waals surface area contributed by atoms with Crippen LogP contribution in [0, 0.1) is 5.92 Å². The number of rotatable bonds is 1. The average molecular weight is 238 g/mol. The SMILES string of the molecule is CC1CC=C(C2=CCC(O)=C(F)C(F)=C2)CC1. The van der Waals surface area contributed by atoms with Crippen LogP contribution in [0.15, 0.2) is 46.8 Å². The first-order chi connectivity index (χ1) is 8.08. The second-order valence-corrected chi connectivity index (χ2v) is 4.73. The van der Waals surface area contributed by atoms with Gasteiger partial charge in [-0.05, 0) is 42.4 Å². The van der Waals surface area contributed by atoms with E-state index in [0.29, 0.717) is 11.5 Å². The summed E-state index contributed by atoms with van der Waals surface area (Å²) in [6.07, 6.45) is 7.94. The van der Waals surface area contributed by atoms with Crippen molar-refractivity contribution in [3.63, 3.8) is 0 Å². The quantitative estimate of drug-likeness (QED) is 0.704. The third-order valence-electron chi connectivity index (χ3n) is 3.30. The van der Waals surface area contributed by atoms with E-state index in [2.05, 4.69) is 13.0 Å². The van der Waals surface area contributed by atoms with Crippen molar-refractivity contribution in [2.75, 3.05) is 0 Å². The van der Waals surface area contributed by atoms with Crippen LogP contribution in [0.1, 0.15) is 32.6 Å². The Balaban J connectivity index is 2.25. The number of aliphatic hydroxyl groups excluding tert-OH is 1. The van der Waals surface area contributed by atoms with Gasteiger partial charge < -0.3 is 5.11 Å². The smallest absolute Gasteiger partial charge is 0.196 e. The van der Waals surface area contributed by atoms with Crippen molar-refractivity contribution in [1.29, 1.82) is 0 Å². The molecule has 0 radical (unpaired) electrons. The van der Waals surface area contributed by atoms with Gasteiger partial charge in [0.05, 0.1) is 0 Å². The largest absolute Gasteiger partial charge is 0.509 e. The Hall–Kier alpha value is -1.38. The topological polar surface area (TPSA) is 20.2 Å². The molecule has 1 N–H and O–H groups in total. The van der Waals surface area contributed by atoms with E-state index in [-0.39, 0.29) is 6.42 Å². The van der Waals surface area contributed by atoms with Crippen molar-refractivity contribution in [2.24, 2.45) is 5.92 Å². The van der Waals surface area contributed by atoms with Gasteiger partial charge in [-0.2, -0.15) is 0 Å². The predicted octanol–water partition coefficient (Wildman–Crippen LogP) is 4.66. The van der Waals surface area contributed by atoms with Crippen molar-refractivity contribution in [3.05, 3.63) is 46.8 Å². The van der Waals surface area contributed by atoms with Gasteiger partial charge in [0.1, 0.15) is 5.76 Å². The van der Waals surface area contributed by atoms with Gasteiger partial charge >= 0.3 is 0 Å². The number of hydrogen-bond acceptors (Lipinski definition) is 1. The highest BCUT2D eigenvalue weighted by Crippen LogP contribution is 2.32. The molecule has 2 rings (SSSR count). The van der Waals surface area contributed by atoms with Crippen LogP contribution in [-0.2, 0) is 0 Å². The molecular formula is C14H16F2O. The molecule has 0 aromatic carbocycles. The maximum absolute atomic E-state index is 13.4. The minimum absolute atomic E-state index is 0.0536. The van der Waals surface area contributed by atoms with E-state index in [1.165, 1.54) is 6.08 Å². The Bertz CT molecular complexity index is 441. The Morgan fingerprint density at radius 3 is 2.71 bits per heavy atom. The molecule has 0 aliphatic heterocycles. The van der Waals surface area contributed by atoms with Crippen LogP contribution in [0.3, 0.4) is 0 Å². The molecular weight excluding hydrogens is 222 g/mol. The summed E-state index contributed by atoms with van der Waals surface area (Å²) in [6.45, 7) is 2.18. The predicted molar refractivity (Wildman–Crippen MR) is 63.8 cm³/mol. The van der Waals surface area contributed by atoms with Crippen molar-refractivity contribution < 1.29 is 13.9 Å². The van der Waals surface area contributed by atoms with E-state index >= 15 is 0 Å². The molecule has 0 heterocycles. The molecule has 0 aromatic heterocycles. The minimum Gasteiger partial charge on any atom is -0.509 e. The fraction of sp³-hybridized carbons (Fsp3) is 0.429. The van der Waals surface area contributed by atoms with Crippen LogP contribution in [0.2, 0.25) is 0 Å². The van der Waals surface area contributed by atoms with E-state index in [1.54, 1.807) is 6.08 Å². The lowest BCUT2D eigenvalue weighted by atomic mass is 9.87. The van der Waals surface area contributed by atoms with Gasteiger partial charge in [-0.25, -0.2) is 8.78 Å². The molecule has 0 amide bonds. The molecule has 0 saturated heterocycles. The van der Waals surface area contributed by atoms with Gasteiger partial charge in [-0.3, -0.25) is 0 Å². The highest BCUT2D eigenvalue weighted by Gasteiger charge is 2.18. The zero-order valence-corrected chi connectivity index (χ0v) is 9.84. The zero-order chi connectivity index (χ0) is 12.4. The highest BCUT2D eigenvalue weighted by molar-refractivity contribution is 5.46. The lowest BCUT2D eigenvalue weighted by molar-refractivity contribution is 0.365. The molecule has 0 fully saturated rings. The molecule has 17 heavy (non-hydrogen) atoms. The first-order valence-corrected chi connectivity index (χ1v) is 5.92. The van der Waals surface area contributed by atoms with Crippen LogP contribution in [-0.4, -0.2) is 5.11 Å². The molecule has 0 bridgehead atoms. The summed E-state index contributed by atoms with van der Waals surface area (Å²) in [7, 11) is 0. The molecule has 92 valence electrons. The van der Waals surface area contributed by atoms with E-state index in [9.17, 15) is 13.9 Å². The van der Waals surface area contributed by atoms with E-state index in [1.807, 2.05) is 0 Å². The van der Waals surface area contributed by atoms with Crippen molar-refractivity contribution in [3.8, 4) is 0 Å². The monoisotopic (exact) mass is 238 g/mol. The maximum Gasteiger partial charge on any atom is 0.196 e. The van der Waals surface area contributed by atoms with Gasteiger partial charge in [0, 0.05) is 6.42 Å². The van der Waals surface area contributed by atoms with Crippen LogP contribution in [0.25, 0.3) is 0 Å². The van der Waals surface area contributed by atoms with E-state index in [4.69, 9.17) is 0 Å². The van der Waals surface area contributed by atoms with Gasteiger partial charge in [0.25, 0.3) is 0 Å². The summed E-state index contributed by atoms with van der Waals surface area (Å²) in [5.74, 6) is -1.99. The van der Waals surface area contributed by atoms with Crippen LogP contribution in [0.5, 0.6) is 0 Å². The van der Waals surface area contributed by atoms with Crippen LogP contribution in [0.4, 0.5) is 8.78 Å². The third-order valence-corrected chi connectivity index (χ3v) is 3.30. The first-order valence-electron chi connectivity index (χ1n) is 5.92. The normalized spacial score (nSPS) is 26.1. The maximum atomic E-state index is 13.4. The fourth-order valence-electron chi connectivity index (χ4n) is 2.14. The summed E-state index contributed by atoms with van der Waals surface area (Å²) in [5, 5.41) is 9.25. The fourth-order valence-corrected chi connectivity index (χ4v) is 2.14. The Morgan fingerprint density at radius 1 is 1.29 bits per heavy atom. The van der Waals surface area contributed by atoms with E-state index in [0.717, 1.165) is 24.8 Å². The van der Waals surface area contributed by atoms with Crippen LogP contribution < -0.4 is 0 Å². The number of halogens is 2. The van der Waals surface area contributed by atoms with Crippen LogP contribution >= 0.6 is 0 Å². The second kappa shape index (κ2) is 4.86. The Kier molecular flexibility index (Phi) is 3.46. The molecule has 2 aliphatic carbocycles. The molecule has 3 heteroatoms. The Morgan fingerprint density at radius 2 is 2.06 bits per heavy atom. The Labute approximate surface area is 99.8 Å².